The summed E-state index contributed by atoms with van der Waals surface area (Å²) in [5.41, 5.74) is 3.03. The molecule has 2 fully saturated rings. The molecule has 0 spiro atoms. The molecular weight excluding hydrogens is 486 g/mol. The van der Waals surface area contributed by atoms with E-state index in [0.717, 1.165) is 71.3 Å². The highest BCUT2D eigenvalue weighted by Gasteiger charge is 2.32. The lowest BCUT2D eigenvalue weighted by Gasteiger charge is -2.32. The van der Waals surface area contributed by atoms with E-state index in [0.29, 0.717) is 5.56 Å². The summed E-state index contributed by atoms with van der Waals surface area (Å²) >= 11 is 3.54. The molecule has 170 valence electrons. The van der Waals surface area contributed by atoms with E-state index in [4.69, 9.17) is 5.11 Å². The molecule has 33 heavy (non-hydrogen) atoms. The summed E-state index contributed by atoms with van der Waals surface area (Å²) in [6.07, 6.45) is 5.78. The highest BCUT2D eigenvalue weighted by molar-refractivity contribution is 9.10. The minimum absolute atomic E-state index is 0.0299. The number of aromatic nitrogens is 2. The Morgan fingerprint density at radius 1 is 1.06 bits per heavy atom. The quantitative estimate of drug-likeness (QED) is 0.402. The lowest BCUT2D eigenvalue weighted by molar-refractivity contribution is 0.0968. The standard InChI is InChI=1S/C24H24BrN5O3/c25-15-3-4-20-18(11-15)22(19(13-27-20)23(31)14-1-2-14)28-17-5-8-26-21(12-17)30-9-6-16(7-10-30)29-24(32)33/h3-5,8,11-14,16,29H,1-2,6-7,9-10H2,(H,32,33)(H,26,27,28). The fourth-order valence-electron chi connectivity index (χ4n) is 4.29. The third kappa shape index (κ3) is 4.78. The molecule has 3 N–H and O–H groups in total. The molecule has 8 nitrogen and oxygen atoms in total. The van der Waals surface area contributed by atoms with E-state index in [9.17, 15) is 9.59 Å². The number of halogens is 1. The van der Waals surface area contributed by atoms with Crippen molar-refractivity contribution >= 4 is 55.9 Å². The van der Waals surface area contributed by atoms with Gasteiger partial charge in [-0.3, -0.25) is 9.78 Å². The minimum Gasteiger partial charge on any atom is -0.465 e. The molecule has 1 aliphatic carbocycles. The molecule has 1 aromatic carbocycles. The second-order valence-corrected chi connectivity index (χ2v) is 9.50. The van der Waals surface area contributed by atoms with Crippen molar-refractivity contribution < 1.29 is 14.7 Å². The molecule has 1 saturated carbocycles. The summed E-state index contributed by atoms with van der Waals surface area (Å²) in [4.78, 5) is 35.1. The number of carbonyl (C=O) groups is 2. The van der Waals surface area contributed by atoms with E-state index >= 15 is 0 Å². The minimum atomic E-state index is -0.981. The molecule has 0 bridgehead atoms. The van der Waals surface area contributed by atoms with Gasteiger partial charge in [0.05, 0.1) is 16.8 Å². The molecule has 2 aliphatic rings. The zero-order valence-electron chi connectivity index (χ0n) is 17.9. The second-order valence-electron chi connectivity index (χ2n) is 8.59. The molecule has 0 radical (unpaired) electrons. The summed E-state index contributed by atoms with van der Waals surface area (Å²) in [6.45, 7) is 1.44. The van der Waals surface area contributed by atoms with E-state index in [1.165, 1.54) is 0 Å². The van der Waals surface area contributed by atoms with Crippen LogP contribution in [-0.4, -0.2) is 46.1 Å². The van der Waals surface area contributed by atoms with Gasteiger partial charge in [-0.25, -0.2) is 9.78 Å². The second kappa shape index (κ2) is 8.97. The molecule has 0 unspecified atom stereocenters. The first-order chi connectivity index (χ1) is 16.0. The molecule has 0 atom stereocenters. The zero-order valence-corrected chi connectivity index (χ0v) is 19.5. The maximum absolute atomic E-state index is 13.0. The van der Waals surface area contributed by atoms with Gasteiger partial charge in [0, 0.05) is 59.1 Å². The molecule has 1 saturated heterocycles. The number of rotatable bonds is 6. The smallest absolute Gasteiger partial charge is 0.404 e. The van der Waals surface area contributed by atoms with Gasteiger partial charge in [-0.2, -0.15) is 0 Å². The van der Waals surface area contributed by atoms with Gasteiger partial charge in [-0.1, -0.05) is 15.9 Å². The molecule has 2 aromatic heterocycles. The number of hydrogen-bond acceptors (Lipinski definition) is 6. The number of amides is 1. The molecular formula is C24H24BrN5O3. The lowest BCUT2D eigenvalue weighted by atomic mass is 10.0. The average Bonchev–Trinajstić information content (AvgIpc) is 3.65. The maximum atomic E-state index is 13.0. The number of ketones is 1. The molecule has 9 heteroatoms. The largest absolute Gasteiger partial charge is 0.465 e. The molecule has 5 rings (SSSR count). The Kier molecular flexibility index (Phi) is 5.88. The van der Waals surface area contributed by atoms with E-state index in [1.54, 1.807) is 12.4 Å². The highest BCUT2D eigenvalue weighted by Crippen LogP contribution is 2.38. The Labute approximate surface area is 199 Å². The van der Waals surface area contributed by atoms with Gasteiger partial charge in [-0.15, -0.1) is 0 Å². The Morgan fingerprint density at radius 3 is 2.58 bits per heavy atom. The monoisotopic (exact) mass is 509 g/mol. The summed E-state index contributed by atoms with van der Waals surface area (Å²) in [5.74, 6) is 1.04. The fourth-order valence-corrected chi connectivity index (χ4v) is 4.65. The van der Waals surface area contributed by atoms with Crippen LogP contribution < -0.4 is 15.5 Å². The van der Waals surface area contributed by atoms with Crippen LogP contribution in [0.3, 0.4) is 0 Å². The number of pyridine rings is 2. The molecule has 1 amide bonds. The van der Waals surface area contributed by atoms with Gasteiger partial charge >= 0.3 is 6.09 Å². The summed E-state index contributed by atoms with van der Waals surface area (Å²) < 4.78 is 0.920. The number of anilines is 3. The fraction of sp³-hybridized carbons (Fsp3) is 0.333. The van der Waals surface area contributed by atoms with Crippen molar-refractivity contribution in [3.05, 3.63) is 52.8 Å². The van der Waals surface area contributed by atoms with Gasteiger partial charge in [0.25, 0.3) is 0 Å². The number of carbonyl (C=O) groups excluding carboxylic acids is 1. The number of Topliss-reactive ketones (excluding diaryl/α,β-unsaturated/α-hetero) is 1. The van der Waals surface area contributed by atoms with E-state index in [2.05, 4.69) is 41.4 Å². The number of nitrogens with one attached hydrogen (secondary N) is 2. The SMILES string of the molecule is O=C(O)NC1CCN(c2cc(Nc3c(C(=O)C4CC4)cnc4ccc(Br)cc34)ccn2)CC1. The lowest BCUT2D eigenvalue weighted by Crippen LogP contribution is -2.44. The molecule has 3 aromatic rings. The van der Waals surface area contributed by atoms with Gasteiger partial charge in [0.2, 0.25) is 0 Å². The molecule has 3 heterocycles. The number of piperidine rings is 1. The van der Waals surface area contributed by atoms with Crippen LogP contribution in [0.25, 0.3) is 10.9 Å². The Morgan fingerprint density at radius 2 is 1.85 bits per heavy atom. The third-order valence-corrected chi connectivity index (χ3v) is 6.70. The zero-order chi connectivity index (χ0) is 22.9. The third-order valence-electron chi connectivity index (χ3n) is 6.21. The van der Waals surface area contributed by atoms with Gasteiger partial charge in [-0.05, 0) is 49.9 Å². The number of carboxylic acid groups (broad SMARTS) is 1. The predicted octanol–water partition coefficient (Wildman–Crippen LogP) is 4.97. The number of nitrogens with zero attached hydrogens (tertiary/aromatic N) is 3. The topological polar surface area (TPSA) is 107 Å². The van der Waals surface area contributed by atoms with Crippen molar-refractivity contribution in [2.24, 2.45) is 5.92 Å². The first-order valence-corrected chi connectivity index (χ1v) is 11.9. The number of fused-ring (bicyclic) bond motifs is 1. The first kappa shape index (κ1) is 21.6. The van der Waals surface area contributed by atoms with Crippen molar-refractivity contribution in [2.45, 2.75) is 31.7 Å². The van der Waals surface area contributed by atoms with Crippen LogP contribution in [0, 0.1) is 5.92 Å². The van der Waals surface area contributed by atoms with Crippen LogP contribution in [0.5, 0.6) is 0 Å². The summed E-state index contributed by atoms with van der Waals surface area (Å²) in [6, 6.07) is 9.69. The normalized spacial score (nSPS) is 16.6. The number of benzene rings is 1. The van der Waals surface area contributed by atoms with Gasteiger partial charge in [0.15, 0.2) is 5.78 Å². The van der Waals surface area contributed by atoms with Crippen molar-refractivity contribution in [1.82, 2.24) is 15.3 Å². The first-order valence-electron chi connectivity index (χ1n) is 11.1. The van der Waals surface area contributed by atoms with E-state index < -0.39 is 6.09 Å². The van der Waals surface area contributed by atoms with Crippen LogP contribution in [0.15, 0.2) is 47.2 Å². The van der Waals surface area contributed by atoms with Crippen LogP contribution in [-0.2, 0) is 0 Å². The predicted molar refractivity (Wildman–Crippen MR) is 130 cm³/mol. The average molecular weight is 510 g/mol. The Hall–Kier alpha value is -3.20. The van der Waals surface area contributed by atoms with Gasteiger partial charge in [0.1, 0.15) is 5.82 Å². The van der Waals surface area contributed by atoms with Crippen molar-refractivity contribution in [3.63, 3.8) is 0 Å². The molecule has 1 aliphatic heterocycles. The Balaban J connectivity index is 1.43. The van der Waals surface area contributed by atoms with Crippen LogP contribution in [0.1, 0.15) is 36.0 Å². The van der Waals surface area contributed by atoms with Crippen molar-refractivity contribution in [1.29, 1.82) is 0 Å². The summed E-state index contributed by atoms with van der Waals surface area (Å²) in [5, 5.41) is 15.9. The van der Waals surface area contributed by atoms with E-state index in [-0.39, 0.29) is 17.7 Å². The van der Waals surface area contributed by atoms with Gasteiger partial charge < -0.3 is 20.6 Å². The van der Waals surface area contributed by atoms with Crippen LogP contribution in [0.4, 0.5) is 22.0 Å². The summed E-state index contributed by atoms with van der Waals surface area (Å²) in [7, 11) is 0. The maximum Gasteiger partial charge on any atom is 0.404 e. The van der Waals surface area contributed by atoms with Crippen LogP contribution in [0.2, 0.25) is 0 Å². The number of hydrogen-bond donors (Lipinski definition) is 3. The van der Waals surface area contributed by atoms with Crippen molar-refractivity contribution in [3.8, 4) is 0 Å². The van der Waals surface area contributed by atoms with Crippen LogP contribution >= 0.6 is 15.9 Å². The Bertz CT molecular complexity index is 1220. The van der Waals surface area contributed by atoms with Crippen molar-refractivity contribution in [2.75, 3.05) is 23.3 Å². The highest BCUT2D eigenvalue weighted by atomic mass is 79.9. The van der Waals surface area contributed by atoms with E-state index in [1.807, 2.05) is 30.3 Å².